The summed E-state index contributed by atoms with van der Waals surface area (Å²) in [6.45, 7) is 4.60. The number of hydrogen-bond acceptors (Lipinski definition) is 4. The first-order chi connectivity index (χ1) is 22.8. The fraction of sp³-hybridized carbons (Fsp3) is 0.850. The van der Waals surface area contributed by atoms with Gasteiger partial charge >= 0.3 is 65.5 Å². The van der Waals surface area contributed by atoms with E-state index in [2.05, 4.69) is 6.58 Å². The van der Waals surface area contributed by atoms with Gasteiger partial charge in [0, 0.05) is 5.57 Å². The highest BCUT2D eigenvalue weighted by atomic mass is 19.4. The van der Waals surface area contributed by atoms with Crippen LogP contribution in [0.3, 0.4) is 0 Å². The predicted octanol–water partition coefficient (Wildman–Crippen LogP) is 9.54. The first-order valence-electron chi connectivity index (χ1n) is 11.8. The van der Waals surface area contributed by atoms with Crippen LogP contribution in [0.4, 0.5) is 123 Å². The van der Waals surface area contributed by atoms with Crippen LogP contribution in [0.2, 0.25) is 0 Å². The Morgan fingerprint density at radius 1 is 0.453 bits per heavy atom. The van der Waals surface area contributed by atoms with E-state index in [-0.39, 0.29) is 5.57 Å². The van der Waals surface area contributed by atoms with Crippen molar-refractivity contribution in [1.29, 1.82) is 0 Å². The van der Waals surface area contributed by atoms with Crippen molar-refractivity contribution >= 4 is 5.97 Å². The summed E-state index contributed by atoms with van der Waals surface area (Å²) in [6, 6.07) is 0. The zero-order valence-corrected chi connectivity index (χ0v) is 23.4. The maximum Gasteiger partial charge on any atom is 0.450 e. The number of alkyl halides is 25. The molecule has 5 nitrogen and oxygen atoms in total. The van der Waals surface area contributed by atoms with Crippen molar-refractivity contribution in [3.63, 3.8) is 0 Å². The Morgan fingerprint density at radius 2 is 0.604 bits per heavy atom. The Bertz CT molecular complexity index is 1330. The van der Waals surface area contributed by atoms with Gasteiger partial charge in [0.25, 0.3) is 17.8 Å². The third-order valence-corrected chi connectivity index (χ3v) is 8.70. The van der Waals surface area contributed by atoms with Gasteiger partial charge < -0.3 is 5.11 Å². The standard InChI is InChI=1S/C16F28O3.C4H6O2/c17-4-8(24,25)1(11(30,31)14(36,37)45-42)5(18,19)2(9(4,26)27,12(32,33)15(38,39)46-43)7(22,23)3(6(1,20)21,10(4,28)29)13(34,35)16(40,41)47-44;1-3(2)4(5)6/h;1H2,2H3,(H,5,6). The molecule has 0 spiro atoms. The molecule has 4 aliphatic rings. The monoisotopic (exact) mass is 858 g/mol. The molecule has 0 amide bonds. The van der Waals surface area contributed by atoms with E-state index in [4.69, 9.17) is 5.11 Å². The summed E-state index contributed by atoms with van der Waals surface area (Å²) < 4.78 is 410. The third kappa shape index (κ3) is 3.68. The highest BCUT2D eigenvalue weighted by Gasteiger charge is 3.29. The quantitative estimate of drug-likeness (QED) is 0.175. The van der Waals surface area contributed by atoms with E-state index in [1.54, 1.807) is 0 Å². The molecule has 0 heterocycles. The van der Waals surface area contributed by atoms with Crippen molar-refractivity contribution in [1.82, 2.24) is 0 Å². The van der Waals surface area contributed by atoms with E-state index >= 15 is 57.1 Å². The van der Waals surface area contributed by atoms with Crippen molar-refractivity contribution in [2.75, 3.05) is 0 Å². The van der Waals surface area contributed by atoms with Crippen LogP contribution in [-0.4, -0.2) is 88.4 Å². The molecule has 4 bridgehead atoms. The fourth-order valence-corrected chi connectivity index (χ4v) is 6.56. The Kier molecular flexibility index (Phi) is 9.53. The second-order valence-corrected chi connectivity index (χ2v) is 10.9. The van der Waals surface area contributed by atoms with E-state index in [1.165, 1.54) is 6.92 Å². The summed E-state index contributed by atoms with van der Waals surface area (Å²) in [4.78, 5) is 11.6. The molecule has 4 fully saturated rings. The van der Waals surface area contributed by atoms with Crippen LogP contribution < -0.4 is 0 Å². The minimum atomic E-state index is -10.3. The van der Waals surface area contributed by atoms with Gasteiger partial charge in [0.15, 0.2) is 0 Å². The summed E-state index contributed by atoms with van der Waals surface area (Å²) >= 11 is 0. The van der Waals surface area contributed by atoms with E-state index < -0.39 is 99.5 Å². The number of hydrogen-bond donors (Lipinski definition) is 1. The van der Waals surface area contributed by atoms with Crippen molar-refractivity contribution < 1.29 is 148 Å². The zero-order chi connectivity index (χ0) is 43.3. The van der Waals surface area contributed by atoms with Crippen LogP contribution in [0, 0.1) is 16.2 Å². The first-order valence-corrected chi connectivity index (χ1v) is 11.8. The van der Waals surface area contributed by atoms with Gasteiger partial charge in [0.2, 0.25) is 16.2 Å². The van der Waals surface area contributed by atoms with Crippen molar-refractivity contribution in [3.05, 3.63) is 12.2 Å². The third-order valence-electron chi connectivity index (χ3n) is 8.70. The van der Waals surface area contributed by atoms with Crippen molar-refractivity contribution in [3.8, 4) is 0 Å². The largest absolute Gasteiger partial charge is 0.478 e. The lowest BCUT2D eigenvalue weighted by atomic mass is 9.26. The van der Waals surface area contributed by atoms with Crippen LogP contribution in [0.5, 0.6) is 0 Å². The lowest BCUT2D eigenvalue weighted by Crippen LogP contribution is -3.10. The number of halogens is 28. The summed E-state index contributed by atoms with van der Waals surface area (Å²) in [5.74, 6) is -90.9. The molecule has 0 aliphatic heterocycles. The van der Waals surface area contributed by atoms with Crippen LogP contribution in [0.1, 0.15) is 6.92 Å². The number of carboxylic acid groups (broad SMARTS) is 1. The molecule has 4 rings (SSSR count). The maximum atomic E-state index is 15.7. The molecule has 0 saturated heterocycles. The molecule has 0 unspecified atom stereocenters. The smallest absolute Gasteiger partial charge is 0.450 e. The summed E-state index contributed by atoms with van der Waals surface area (Å²) in [5.41, 5.74) is -40.6. The Morgan fingerprint density at radius 3 is 0.717 bits per heavy atom. The fourth-order valence-electron chi connectivity index (χ4n) is 6.56. The molecule has 0 aromatic heterocycles. The highest BCUT2D eigenvalue weighted by molar-refractivity contribution is 5.84. The first kappa shape index (κ1) is 46.3. The van der Waals surface area contributed by atoms with Gasteiger partial charge in [0.05, 0.1) is 0 Å². The van der Waals surface area contributed by atoms with Crippen molar-refractivity contribution in [2.24, 2.45) is 16.2 Å². The average Bonchev–Trinajstić information content (AvgIpc) is 2.93. The molecule has 0 aromatic carbocycles. The zero-order valence-electron chi connectivity index (χ0n) is 23.4. The number of carbonyl (C=O) groups is 1. The van der Waals surface area contributed by atoms with Crippen LogP contribution in [0.15, 0.2) is 12.2 Å². The molecule has 312 valence electrons. The normalized spacial score (nSPS) is 33.9. The Hall–Kier alpha value is -2.87. The van der Waals surface area contributed by atoms with Gasteiger partial charge in [-0.25, -0.2) is 61.9 Å². The van der Waals surface area contributed by atoms with Crippen LogP contribution >= 0.6 is 0 Å². The SMILES string of the molecule is C=C(C)C(=O)O.FOC(F)(F)C(F)(F)C12C(F)(F)C3(F)C(F)(F)C(C(F)(F)C(F)(F)OF)(C1(F)F)C(F)(F)C(C(F)(F)C(F)(F)OF)(C3(F)F)C2(F)F. The summed E-state index contributed by atoms with van der Waals surface area (Å²) in [6.07, 6.45) is -26.3. The Labute approximate surface area is 268 Å². The van der Waals surface area contributed by atoms with Gasteiger partial charge in [-0.05, 0) is 20.5 Å². The molecular formula is C20H6F28O5. The summed E-state index contributed by atoms with van der Waals surface area (Å²) in [5, 5.41) is 7.89. The molecule has 4 aliphatic carbocycles. The molecule has 0 aromatic rings. The average molecular weight is 858 g/mol. The number of rotatable bonds is 10. The van der Waals surface area contributed by atoms with Crippen molar-refractivity contribution in [2.45, 2.75) is 84.2 Å². The minimum absolute atomic E-state index is 0.176. The number of carboxylic acids is 1. The molecular weight excluding hydrogens is 852 g/mol. The molecule has 0 atom stereocenters. The molecule has 4 saturated carbocycles. The van der Waals surface area contributed by atoms with E-state index in [0.29, 0.717) is 14.8 Å². The second-order valence-electron chi connectivity index (χ2n) is 10.9. The van der Waals surface area contributed by atoms with Gasteiger partial charge in [-0.15, -0.1) is 14.8 Å². The molecule has 53 heavy (non-hydrogen) atoms. The Balaban J connectivity index is 0.00000149. The van der Waals surface area contributed by atoms with Gasteiger partial charge in [-0.1, -0.05) is 6.58 Å². The van der Waals surface area contributed by atoms with Gasteiger partial charge in [0.1, 0.15) is 0 Å². The van der Waals surface area contributed by atoms with Gasteiger partial charge in [-0.3, -0.25) is 0 Å². The van der Waals surface area contributed by atoms with E-state index in [0.717, 1.165) is 0 Å². The lowest BCUT2D eigenvalue weighted by molar-refractivity contribution is -0.690. The predicted molar refractivity (Wildman–Crippen MR) is 99.5 cm³/mol. The molecule has 33 heteroatoms. The minimum Gasteiger partial charge on any atom is -0.478 e. The van der Waals surface area contributed by atoms with Crippen LogP contribution in [-0.2, 0) is 19.6 Å². The molecule has 0 radical (unpaired) electrons. The topological polar surface area (TPSA) is 65.0 Å². The van der Waals surface area contributed by atoms with Gasteiger partial charge in [-0.2, -0.15) is 52.7 Å². The second kappa shape index (κ2) is 10.9. The maximum absolute atomic E-state index is 15.7. The van der Waals surface area contributed by atoms with E-state index in [1.807, 2.05) is 0 Å². The summed E-state index contributed by atoms with van der Waals surface area (Å²) in [7, 11) is 0. The number of aliphatic carboxylic acids is 1. The van der Waals surface area contributed by atoms with E-state index in [9.17, 15) is 71.1 Å². The highest BCUT2D eigenvalue weighted by Crippen LogP contribution is 2.99. The molecule has 1 N–H and O–H groups in total. The van der Waals surface area contributed by atoms with Crippen LogP contribution in [0.25, 0.3) is 0 Å². The lowest BCUT2D eigenvalue weighted by Gasteiger charge is -2.80.